The molecule has 170 valence electrons. The third kappa shape index (κ3) is 5.28. The van der Waals surface area contributed by atoms with Crippen molar-refractivity contribution >= 4 is 35.0 Å². The third-order valence-electron chi connectivity index (χ3n) is 6.69. The monoisotopic (exact) mass is 473 g/mol. The Labute approximate surface area is 199 Å². The van der Waals surface area contributed by atoms with Gasteiger partial charge in [0.05, 0.1) is 10.0 Å². The summed E-state index contributed by atoms with van der Waals surface area (Å²) >= 11 is 11.9. The SMILES string of the molecule is CC(NC(=O)c1ccc(Cl)c(Cl)c1)C(=O)N1CCC(N2CCC(c3ccccc3)CC2)C1. The van der Waals surface area contributed by atoms with Crippen LogP contribution in [0.1, 0.15) is 48.0 Å². The summed E-state index contributed by atoms with van der Waals surface area (Å²) in [6, 6.07) is 15.2. The fourth-order valence-corrected chi connectivity index (χ4v) is 5.11. The van der Waals surface area contributed by atoms with Crippen LogP contribution in [0.15, 0.2) is 48.5 Å². The molecule has 0 bridgehead atoms. The maximum atomic E-state index is 12.9. The van der Waals surface area contributed by atoms with Gasteiger partial charge in [-0.15, -0.1) is 0 Å². The van der Waals surface area contributed by atoms with E-state index in [0.717, 1.165) is 45.4 Å². The Balaban J connectivity index is 1.27. The van der Waals surface area contributed by atoms with Crippen molar-refractivity contribution in [2.45, 2.75) is 44.2 Å². The summed E-state index contributed by atoms with van der Waals surface area (Å²) in [5, 5.41) is 3.50. The molecule has 5 nitrogen and oxygen atoms in total. The molecule has 2 amide bonds. The largest absolute Gasteiger partial charge is 0.341 e. The molecule has 2 atom stereocenters. The molecule has 2 saturated heterocycles. The van der Waals surface area contributed by atoms with Gasteiger partial charge in [-0.2, -0.15) is 0 Å². The highest BCUT2D eigenvalue weighted by molar-refractivity contribution is 6.42. The molecule has 7 heteroatoms. The number of benzene rings is 2. The lowest BCUT2D eigenvalue weighted by Gasteiger charge is -2.36. The Morgan fingerprint density at radius 1 is 0.969 bits per heavy atom. The van der Waals surface area contributed by atoms with E-state index in [1.807, 2.05) is 4.90 Å². The molecule has 0 aromatic heterocycles. The first-order valence-corrected chi connectivity index (χ1v) is 12.0. The summed E-state index contributed by atoms with van der Waals surface area (Å²) in [5.41, 5.74) is 1.82. The first-order chi connectivity index (χ1) is 15.4. The van der Waals surface area contributed by atoms with Gasteiger partial charge in [0.25, 0.3) is 5.91 Å². The number of nitrogens with one attached hydrogen (secondary N) is 1. The number of piperidine rings is 1. The molecular formula is C25H29Cl2N3O2. The van der Waals surface area contributed by atoms with Crippen LogP contribution in [0.5, 0.6) is 0 Å². The number of amides is 2. The molecule has 1 N–H and O–H groups in total. The van der Waals surface area contributed by atoms with Crippen molar-refractivity contribution in [2.24, 2.45) is 0 Å². The van der Waals surface area contributed by atoms with Crippen LogP contribution in [0, 0.1) is 0 Å². The maximum Gasteiger partial charge on any atom is 0.251 e. The molecule has 2 unspecified atom stereocenters. The fraction of sp³-hybridized carbons (Fsp3) is 0.440. The van der Waals surface area contributed by atoms with E-state index in [4.69, 9.17) is 23.2 Å². The van der Waals surface area contributed by atoms with E-state index in [9.17, 15) is 9.59 Å². The number of hydrogen-bond acceptors (Lipinski definition) is 3. The van der Waals surface area contributed by atoms with Crippen LogP contribution in [0.25, 0.3) is 0 Å². The van der Waals surface area contributed by atoms with Crippen molar-refractivity contribution in [3.05, 3.63) is 69.7 Å². The zero-order valence-corrected chi connectivity index (χ0v) is 19.8. The molecule has 32 heavy (non-hydrogen) atoms. The first-order valence-electron chi connectivity index (χ1n) is 11.3. The van der Waals surface area contributed by atoms with Gasteiger partial charge in [0, 0.05) is 24.7 Å². The van der Waals surface area contributed by atoms with Crippen molar-refractivity contribution in [1.82, 2.24) is 15.1 Å². The Morgan fingerprint density at radius 2 is 1.69 bits per heavy atom. The lowest BCUT2D eigenvalue weighted by atomic mass is 9.89. The molecule has 2 aromatic rings. The second-order valence-corrected chi connectivity index (χ2v) is 9.59. The molecule has 0 radical (unpaired) electrons. The highest BCUT2D eigenvalue weighted by atomic mass is 35.5. The summed E-state index contributed by atoms with van der Waals surface area (Å²) in [7, 11) is 0. The zero-order chi connectivity index (χ0) is 22.7. The summed E-state index contributed by atoms with van der Waals surface area (Å²) in [4.78, 5) is 29.9. The molecule has 0 saturated carbocycles. The Hall–Kier alpha value is -2.08. The second kappa shape index (κ2) is 10.2. The number of halogens is 2. The van der Waals surface area contributed by atoms with Gasteiger partial charge in [-0.1, -0.05) is 53.5 Å². The number of rotatable bonds is 5. The maximum absolute atomic E-state index is 12.9. The van der Waals surface area contributed by atoms with Gasteiger partial charge in [-0.3, -0.25) is 14.5 Å². The van der Waals surface area contributed by atoms with Crippen LogP contribution in [0.3, 0.4) is 0 Å². The smallest absolute Gasteiger partial charge is 0.251 e. The topological polar surface area (TPSA) is 52.7 Å². The fourth-order valence-electron chi connectivity index (χ4n) is 4.82. The van der Waals surface area contributed by atoms with Gasteiger partial charge in [0.1, 0.15) is 6.04 Å². The van der Waals surface area contributed by atoms with E-state index in [1.165, 1.54) is 11.6 Å². The summed E-state index contributed by atoms with van der Waals surface area (Å²) in [5.74, 6) is 0.256. The molecule has 2 aliphatic rings. The van der Waals surface area contributed by atoms with Gasteiger partial charge in [0.15, 0.2) is 0 Å². The highest BCUT2D eigenvalue weighted by Gasteiger charge is 2.34. The average molecular weight is 474 g/mol. The van der Waals surface area contributed by atoms with E-state index < -0.39 is 6.04 Å². The van der Waals surface area contributed by atoms with Gasteiger partial charge in [-0.25, -0.2) is 0 Å². The lowest BCUT2D eigenvalue weighted by molar-refractivity contribution is -0.132. The minimum absolute atomic E-state index is 0.0416. The molecule has 2 heterocycles. The standard InChI is InChI=1S/C25H29Cl2N3O2/c1-17(28-24(31)20-7-8-22(26)23(27)15-20)25(32)30-14-11-21(16-30)29-12-9-19(10-13-29)18-5-3-2-4-6-18/h2-8,15,17,19,21H,9-14,16H2,1H3,(H,28,31). The van der Waals surface area contributed by atoms with Crippen LogP contribution in [0.2, 0.25) is 10.0 Å². The summed E-state index contributed by atoms with van der Waals surface area (Å²) in [6.07, 6.45) is 3.30. The van der Waals surface area contributed by atoms with Crippen molar-refractivity contribution < 1.29 is 9.59 Å². The number of likely N-dealkylation sites (tertiary alicyclic amines) is 2. The molecule has 2 aromatic carbocycles. The molecule has 0 aliphatic carbocycles. The van der Waals surface area contributed by atoms with Crippen molar-refractivity contribution in [3.63, 3.8) is 0 Å². The zero-order valence-electron chi connectivity index (χ0n) is 18.3. The van der Waals surface area contributed by atoms with Gasteiger partial charge < -0.3 is 10.2 Å². The predicted molar refractivity (Wildman–Crippen MR) is 128 cm³/mol. The van der Waals surface area contributed by atoms with E-state index in [1.54, 1.807) is 19.1 Å². The third-order valence-corrected chi connectivity index (χ3v) is 7.43. The van der Waals surface area contributed by atoms with Gasteiger partial charge in [0.2, 0.25) is 5.91 Å². The Kier molecular flexibility index (Phi) is 7.39. The number of carbonyl (C=O) groups is 2. The van der Waals surface area contributed by atoms with Gasteiger partial charge in [-0.05, 0) is 69.0 Å². The highest BCUT2D eigenvalue weighted by Crippen LogP contribution is 2.30. The van der Waals surface area contributed by atoms with Crippen LogP contribution in [-0.2, 0) is 4.79 Å². The van der Waals surface area contributed by atoms with Gasteiger partial charge >= 0.3 is 0 Å². The van der Waals surface area contributed by atoms with E-state index in [2.05, 4.69) is 40.5 Å². The first kappa shape index (κ1) is 23.1. The average Bonchev–Trinajstić information content (AvgIpc) is 3.31. The van der Waals surface area contributed by atoms with Crippen LogP contribution < -0.4 is 5.32 Å². The van der Waals surface area contributed by atoms with Crippen molar-refractivity contribution in [1.29, 1.82) is 0 Å². The minimum atomic E-state index is -0.598. The normalized spacial score (nSPS) is 20.8. The Morgan fingerprint density at radius 3 is 2.38 bits per heavy atom. The quantitative estimate of drug-likeness (QED) is 0.690. The molecular weight excluding hydrogens is 445 g/mol. The van der Waals surface area contributed by atoms with E-state index in [-0.39, 0.29) is 11.8 Å². The number of hydrogen-bond donors (Lipinski definition) is 1. The molecule has 2 fully saturated rings. The predicted octanol–water partition coefficient (Wildman–Crippen LogP) is 4.59. The van der Waals surface area contributed by atoms with Crippen molar-refractivity contribution in [2.75, 3.05) is 26.2 Å². The van der Waals surface area contributed by atoms with Crippen LogP contribution in [-0.4, -0.2) is 59.9 Å². The summed E-state index contributed by atoms with van der Waals surface area (Å²) in [6.45, 7) is 5.32. The van der Waals surface area contributed by atoms with E-state index in [0.29, 0.717) is 27.6 Å². The second-order valence-electron chi connectivity index (χ2n) is 8.77. The number of nitrogens with zero attached hydrogens (tertiary/aromatic N) is 2. The van der Waals surface area contributed by atoms with Crippen LogP contribution >= 0.6 is 23.2 Å². The number of carbonyl (C=O) groups excluding carboxylic acids is 2. The Bertz CT molecular complexity index is 961. The molecule has 4 rings (SSSR count). The molecule has 2 aliphatic heterocycles. The lowest BCUT2D eigenvalue weighted by Crippen LogP contribution is -2.48. The van der Waals surface area contributed by atoms with E-state index >= 15 is 0 Å². The summed E-state index contributed by atoms with van der Waals surface area (Å²) < 4.78 is 0. The molecule has 0 spiro atoms. The minimum Gasteiger partial charge on any atom is -0.341 e. The van der Waals surface area contributed by atoms with Crippen LogP contribution in [0.4, 0.5) is 0 Å². The van der Waals surface area contributed by atoms with Crippen molar-refractivity contribution in [3.8, 4) is 0 Å².